The zero-order chi connectivity index (χ0) is 28.7. The molecule has 0 amide bonds. The lowest BCUT2D eigenvalue weighted by Gasteiger charge is -2.42. The molecule has 1 aromatic rings. The number of quaternary nitrogens is 1. The lowest BCUT2D eigenvalue weighted by molar-refractivity contribution is -0.882. The van der Waals surface area contributed by atoms with Crippen LogP contribution in [0.3, 0.4) is 0 Å². The Morgan fingerprint density at radius 3 is 2.69 bits per heavy atom. The van der Waals surface area contributed by atoms with Gasteiger partial charge in [-0.05, 0) is 81.5 Å². The maximum Gasteiger partial charge on any atom is 0.199 e. The minimum atomic E-state index is -0.928. The summed E-state index contributed by atoms with van der Waals surface area (Å²) in [7, 11) is 2.14. The van der Waals surface area contributed by atoms with E-state index in [4.69, 9.17) is 10.5 Å². The number of aliphatic hydroxyl groups is 2. The van der Waals surface area contributed by atoms with Crippen LogP contribution < -0.4 is 21.7 Å². The topological polar surface area (TPSA) is 121 Å². The maximum atomic E-state index is 11.1. The molecule has 7 aliphatic rings. The van der Waals surface area contributed by atoms with E-state index in [-0.39, 0.29) is 18.4 Å². The first-order valence-corrected chi connectivity index (χ1v) is 16.6. The van der Waals surface area contributed by atoms with Gasteiger partial charge in [0, 0.05) is 12.6 Å². The Bertz CT molecular complexity index is 1160. The quantitative estimate of drug-likeness (QED) is 0.178. The van der Waals surface area contributed by atoms with Gasteiger partial charge in [0.05, 0.1) is 30.8 Å². The predicted octanol–water partition coefficient (Wildman–Crippen LogP) is 1.33. The highest BCUT2D eigenvalue weighted by molar-refractivity contribution is 5.75. The van der Waals surface area contributed by atoms with E-state index in [2.05, 4.69) is 62.9 Å². The number of aliphatic hydroxyl groups excluding tert-OH is 2. The molecule has 42 heavy (non-hydrogen) atoms. The molecule has 6 fully saturated rings. The lowest BCUT2D eigenvalue weighted by Crippen LogP contribution is -2.54. The number of likely N-dealkylation sites (N-methyl/N-ethyl adjacent to an activating group) is 1. The number of rotatable bonds is 10. The zero-order valence-corrected chi connectivity index (χ0v) is 25.2. The van der Waals surface area contributed by atoms with Crippen LogP contribution in [0.4, 0.5) is 11.4 Å². The van der Waals surface area contributed by atoms with Gasteiger partial charge in [-0.3, -0.25) is 11.1 Å². The van der Waals surface area contributed by atoms with Crippen molar-refractivity contribution in [3.8, 4) is 0 Å². The average Bonchev–Trinajstić information content (AvgIpc) is 3.19. The third kappa shape index (κ3) is 4.42. The van der Waals surface area contributed by atoms with E-state index >= 15 is 0 Å². The summed E-state index contributed by atoms with van der Waals surface area (Å²) in [5, 5.41) is 35.5. The minimum Gasteiger partial charge on any atom is -0.387 e. The fourth-order valence-electron chi connectivity index (χ4n) is 9.00. The fraction of sp³-hybridized carbons (Fsp3) is 0.806. The first-order chi connectivity index (χ1) is 20.4. The second-order valence-electron chi connectivity index (χ2n) is 14.4. The Kier molecular flexibility index (Phi) is 7.01. The van der Waals surface area contributed by atoms with E-state index in [0.29, 0.717) is 25.4 Å². The molecule has 11 nitrogen and oxygen atoms in total. The molecular formula is C31H51N8O3+. The van der Waals surface area contributed by atoms with Crippen molar-refractivity contribution in [1.82, 2.24) is 20.1 Å². The molecule has 10 unspecified atom stereocenters. The third-order valence-corrected chi connectivity index (χ3v) is 11.9. The molecule has 4 saturated heterocycles. The molecule has 7 N–H and O–H groups in total. The zero-order valence-electron chi connectivity index (χ0n) is 25.2. The van der Waals surface area contributed by atoms with Crippen molar-refractivity contribution in [2.75, 3.05) is 44.1 Å². The second-order valence-corrected chi connectivity index (χ2v) is 14.4. The van der Waals surface area contributed by atoms with Crippen LogP contribution in [-0.2, 0) is 4.74 Å². The number of hydrogen-bond acceptors (Lipinski definition) is 10. The molecule has 232 valence electrons. The highest BCUT2D eigenvalue weighted by atomic mass is 16.6. The van der Waals surface area contributed by atoms with Gasteiger partial charge in [-0.25, -0.2) is 9.49 Å². The van der Waals surface area contributed by atoms with E-state index in [1.807, 2.05) is 0 Å². The molecule has 0 aromatic heterocycles. The van der Waals surface area contributed by atoms with Crippen molar-refractivity contribution in [1.29, 1.82) is 0 Å². The summed E-state index contributed by atoms with van der Waals surface area (Å²) in [6, 6.07) is 7.59. The van der Waals surface area contributed by atoms with Crippen LogP contribution in [0, 0.1) is 5.92 Å². The summed E-state index contributed by atoms with van der Waals surface area (Å²) < 4.78 is 7.25. The number of benzene rings is 1. The predicted molar refractivity (Wildman–Crippen MR) is 161 cm³/mol. The van der Waals surface area contributed by atoms with Crippen LogP contribution >= 0.6 is 0 Å². The summed E-state index contributed by atoms with van der Waals surface area (Å²) in [6.07, 6.45) is 7.53. The molecule has 2 saturated carbocycles. The van der Waals surface area contributed by atoms with Crippen molar-refractivity contribution in [3.05, 3.63) is 23.8 Å². The molecule has 2 aliphatic carbocycles. The summed E-state index contributed by atoms with van der Waals surface area (Å²) in [6.45, 7) is 5.44. The molecule has 8 rings (SSSR count). The van der Waals surface area contributed by atoms with E-state index in [1.54, 1.807) is 0 Å². The van der Waals surface area contributed by atoms with Gasteiger partial charge in [-0.1, -0.05) is 24.4 Å². The second kappa shape index (κ2) is 10.5. The largest absolute Gasteiger partial charge is 0.387 e. The van der Waals surface area contributed by atoms with E-state index in [1.165, 1.54) is 55.5 Å². The van der Waals surface area contributed by atoms with Gasteiger partial charge < -0.3 is 30.5 Å². The molecule has 1 aromatic carbocycles. The van der Waals surface area contributed by atoms with Crippen LogP contribution in [0.25, 0.3) is 0 Å². The van der Waals surface area contributed by atoms with Crippen LogP contribution in [-0.4, -0.2) is 118 Å². The Balaban J connectivity index is 0.797. The Morgan fingerprint density at radius 1 is 1.12 bits per heavy atom. The molecule has 11 heteroatoms. The van der Waals surface area contributed by atoms with Crippen molar-refractivity contribution in [2.45, 2.75) is 119 Å². The van der Waals surface area contributed by atoms with Gasteiger partial charge in [0.2, 0.25) is 0 Å². The lowest BCUT2D eigenvalue weighted by atomic mass is 9.76. The number of fused-ring (bicyclic) bond motifs is 4. The van der Waals surface area contributed by atoms with Crippen LogP contribution in [0.15, 0.2) is 18.2 Å². The van der Waals surface area contributed by atoms with Crippen LogP contribution in [0.5, 0.6) is 0 Å². The molecular weight excluding hydrogens is 532 g/mol. The molecule has 10 atom stereocenters. The number of anilines is 2. The molecule has 5 aliphatic heterocycles. The fourth-order valence-corrected chi connectivity index (χ4v) is 9.00. The van der Waals surface area contributed by atoms with Gasteiger partial charge in [-0.15, -0.1) is 0 Å². The van der Waals surface area contributed by atoms with Crippen molar-refractivity contribution >= 4 is 11.4 Å². The summed E-state index contributed by atoms with van der Waals surface area (Å²) in [5.74, 6) is 1.50. The molecule has 0 spiro atoms. The first-order valence-electron chi connectivity index (χ1n) is 16.6. The van der Waals surface area contributed by atoms with Gasteiger partial charge in [0.1, 0.15) is 36.7 Å². The van der Waals surface area contributed by atoms with Crippen LogP contribution in [0.2, 0.25) is 0 Å². The third-order valence-electron chi connectivity index (χ3n) is 11.9. The highest BCUT2D eigenvalue weighted by Crippen LogP contribution is 2.48. The summed E-state index contributed by atoms with van der Waals surface area (Å²) in [4.78, 5) is 4.53. The van der Waals surface area contributed by atoms with Gasteiger partial charge >= 0.3 is 0 Å². The summed E-state index contributed by atoms with van der Waals surface area (Å²) in [5.41, 5.74) is 10.7. The molecule has 0 bridgehead atoms. The minimum absolute atomic E-state index is 0.0253. The van der Waals surface area contributed by atoms with E-state index in [9.17, 15) is 10.2 Å². The molecule has 5 heterocycles. The standard InChI is InChI=1S/C31H51N8O3/c1-3-11-39-17-38(39)30-26(29(39)32)33-16-37(30)31-28(41)27(40)24(42-31)15-36(2)21-12-18(13-21)7-10-25-34-22-9-8-20(14-23(22)35-25)19-5-4-6-19/h8-9,14,18-19,21,24-31,33-35,40-41H,3-7,10-13,15-17,32H2,1-2H3/q+1. The van der Waals surface area contributed by atoms with E-state index in [0.717, 1.165) is 42.5 Å². The normalized spacial score (nSPS) is 45.6. The number of hydrogen-bond donors (Lipinski definition) is 6. The Morgan fingerprint density at radius 2 is 1.93 bits per heavy atom. The van der Waals surface area contributed by atoms with Gasteiger partial charge in [0.25, 0.3) is 0 Å². The Hall–Kier alpha value is -1.54. The number of nitrogens with one attached hydrogen (secondary N) is 3. The smallest absolute Gasteiger partial charge is 0.199 e. The van der Waals surface area contributed by atoms with Gasteiger partial charge in [-0.2, -0.15) is 0 Å². The van der Waals surface area contributed by atoms with Crippen molar-refractivity contribution in [2.24, 2.45) is 11.7 Å². The number of nitrogens with zero attached hydrogens (tertiary/aromatic N) is 4. The van der Waals surface area contributed by atoms with Crippen molar-refractivity contribution < 1.29 is 19.5 Å². The van der Waals surface area contributed by atoms with Crippen LogP contribution in [0.1, 0.15) is 69.8 Å². The SMILES string of the molecule is CCC[N+]12CN1C1C(NCN1C1OC(CN(C)C3CC(CCC4Nc5ccc(C6CCC6)cc5N4)C3)C(O)C1O)C2N. The van der Waals surface area contributed by atoms with Gasteiger partial charge in [0.15, 0.2) is 12.8 Å². The summed E-state index contributed by atoms with van der Waals surface area (Å²) >= 11 is 0. The Labute approximate surface area is 249 Å². The number of nitrogens with two attached hydrogens (primary N) is 1. The first kappa shape index (κ1) is 28.0. The van der Waals surface area contributed by atoms with Crippen molar-refractivity contribution in [3.63, 3.8) is 0 Å². The monoisotopic (exact) mass is 583 g/mol. The average molecular weight is 584 g/mol. The maximum absolute atomic E-state index is 11.1. The highest BCUT2D eigenvalue weighted by Gasteiger charge is 2.74. The van der Waals surface area contributed by atoms with E-state index < -0.39 is 24.5 Å². The molecule has 0 radical (unpaired) electrons. The number of ether oxygens (including phenoxy) is 1.